The van der Waals surface area contributed by atoms with Crippen molar-refractivity contribution in [3.05, 3.63) is 291 Å². The van der Waals surface area contributed by atoms with Crippen molar-refractivity contribution >= 4 is 88.5 Å². The predicted octanol–water partition coefficient (Wildman–Crippen LogP) is 19.3. The van der Waals surface area contributed by atoms with Gasteiger partial charge in [-0.1, -0.05) is 182 Å². The van der Waals surface area contributed by atoms with Crippen molar-refractivity contribution in [3.63, 3.8) is 0 Å². The molecule has 0 saturated carbocycles. The molecular weight excluding hydrogens is 897 g/mol. The highest BCUT2D eigenvalue weighted by Crippen LogP contribution is 2.46. The molecule has 0 spiro atoms. The molecule has 348 valence electrons. The van der Waals surface area contributed by atoms with Crippen molar-refractivity contribution in [1.29, 1.82) is 0 Å². The second kappa shape index (κ2) is 18.1. The molecule has 12 aromatic carbocycles. The summed E-state index contributed by atoms with van der Waals surface area (Å²) in [5, 5.41) is 7.31. The van der Waals surface area contributed by atoms with Crippen LogP contribution < -0.4 is 9.80 Å². The molecular formula is C70H48N4. The molecule has 4 nitrogen and oxygen atoms in total. The highest BCUT2D eigenvalue weighted by Gasteiger charge is 2.23. The number of fused-ring (bicyclic) bond motifs is 7. The number of hydrogen-bond acceptors (Lipinski definition) is 2. The Kier molecular flexibility index (Phi) is 10.5. The molecule has 14 rings (SSSR count). The maximum absolute atomic E-state index is 2.42. The molecule has 0 N–H and O–H groups in total. The summed E-state index contributed by atoms with van der Waals surface area (Å²) in [6, 6.07) is 105. The zero-order valence-electron chi connectivity index (χ0n) is 40.5. The summed E-state index contributed by atoms with van der Waals surface area (Å²) in [6.07, 6.45) is 0. The third kappa shape index (κ3) is 7.15. The van der Waals surface area contributed by atoms with E-state index in [0.717, 1.165) is 56.5 Å². The Morgan fingerprint density at radius 1 is 0.216 bits per heavy atom. The lowest BCUT2D eigenvalue weighted by atomic mass is 9.92. The molecule has 0 unspecified atom stereocenters. The van der Waals surface area contributed by atoms with E-state index in [9.17, 15) is 0 Å². The van der Waals surface area contributed by atoms with Crippen molar-refractivity contribution in [2.24, 2.45) is 0 Å². The molecule has 2 heterocycles. The fourth-order valence-corrected chi connectivity index (χ4v) is 11.5. The van der Waals surface area contributed by atoms with Crippen LogP contribution in [0.5, 0.6) is 0 Å². The predicted molar refractivity (Wildman–Crippen MR) is 313 cm³/mol. The van der Waals surface area contributed by atoms with Crippen molar-refractivity contribution < 1.29 is 0 Å². The zero-order chi connectivity index (χ0) is 49.0. The number of anilines is 6. The van der Waals surface area contributed by atoms with Crippen LogP contribution >= 0.6 is 0 Å². The summed E-state index contributed by atoms with van der Waals surface area (Å²) >= 11 is 0. The minimum absolute atomic E-state index is 1.12. The maximum atomic E-state index is 2.42. The molecule has 0 atom stereocenters. The molecule has 0 radical (unpaired) electrons. The summed E-state index contributed by atoms with van der Waals surface area (Å²) in [4.78, 5) is 4.75. The monoisotopic (exact) mass is 944 g/mol. The lowest BCUT2D eigenvalue weighted by Crippen LogP contribution is -2.10. The van der Waals surface area contributed by atoms with E-state index in [1.54, 1.807) is 0 Å². The summed E-state index contributed by atoms with van der Waals surface area (Å²) in [5.74, 6) is 0. The van der Waals surface area contributed by atoms with E-state index in [4.69, 9.17) is 0 Å². The fraction of sp³-hybridized carbons (Fsp3) is 0. The van der Waals surface area contributed by atoms with Gasteiger partial charge >= 0.3 is 0 Å². The van der Waals surface area contributed by atoms with Gasteiger partial charge in [0.15, 0.2) is 0 Å². The van der Waals surface area contributed by atoms with Crippen molar-refractivity contribution in [2.75, 3.05) is 9.80 Å². The minimum Gasteiger partial charge on any atom is -0.310 e. The standard InChI is InChI=1S/C70H48N4/c1-5-21-51(22-6-1)71(52-23-7-2-8-24-52)65-35-19-37-67-69(65)61-31-15-17-33-63(61)73(67)55-43-39-49(40-44-55)57-47-48-58(60-30-14-13-29-59(57)60)50-41-45-56(46-42-50)74-64-34-18-16-32-62(64)70-66(36-20-38-68(70)74)72(53-25-9-3-10-26-53)54-27-11-4-12-28-54/h1-48H. The SMILES string of the molecule is c1ccc(N(c2ccccc2)c2cccc3c2c2ccccc2n3-c2ccc(-c3ccc(-c4ccc(-n5c6ccccc6c6c(N(c7ccccc7)c7ccccc7)cccc65)cc4)c4ccccc34)cc2)cc1. The number of hydrogen-bond donors (Lipinski definition) is 0. The van der Waals surface area contributed by atoms with E-state index in [2.05, 4.69) is 310 Å². The molecule has 0 fully saturated rings. The lowest BCUT2D eigenvalue weighted by Gasteiger charge is -2.26. The number of aromatic nitrogens is 2. The highest BCUT2D eigenvalue weighted by atomic mass is 15.2. The first kappa shape index (κ1) is 42.9. The average molecular weight is 945 g/mol. The molecule has 0 aliphatic heterocycles. The van der Waals surface area contributed by atoms with Crippen LogP contribution in [0.25, 0.3) is 88.0 Å². The zero-order valence-corrected chi connectivity index (χ0v) is 40.5. The van der Waals surface area contributed by atoms with Gasteiger partial charge in [-0.25, -0.2) is 0 Å². The third-order valence-electron chi connectivity index (χ3n) is 14.7. The van der Waals surface area contributed by atoms with Crippen LogP contribution in [0, 0.1) is 0 Å². The first-order valence-electron chi connectivity index (χ1n) is 25.3. The van der Waals surface area contributed by atoms with Gasteiger partial charge in [-0.15, -0.1) is 0 Å². The number of benzene rings is 12. The van der Waals surface area contributed by atoms with Crippen LogP contribution in [0.3, 0.4) is 0 Å². The molecule has 0 saturated heterocycles. The molecule has 0 amide bonds. The van der Waals surface area contributed by atoms with E-state index in [1.807, 2.05) is 0 Å². The summed E-state index contributed by atoms with van der Waals surface area (Å²) in [5.41, 5.74) is 18.4. The van der Waals surface area contributed by atoms with E-state index >= 15 is 0 Å². The van der Waals surface area contributed by atoms with Crippen LogP contribution in [-0.4, -0.2) is 9.13 Å². The van der Waals surface area contributed by atoms with Crippen LogP contribution in [0.2, 0.25) is 0 Å². The molecule has 4 heteroatoms. The maximum Gasteiger partial charge on any atom is 0.0562 e. The Morgan fingerprint density at radius 2 is 0.514 bits per heavy atom. The second-order valence-electron chi connectivity index (χ2n) is 18.9. The van der Waals surface area contributed by atoms with E-state index in [1.165, 1.54) is 65.6 Å². The summed E-state index contributed by atoms with van der Waals surface area (Å²) < 4.78 is 4.83. The van der Waals surface area contributed by atoms with Crippen molar-refractivity contribution in [2.45, 2.75) is 0 Å². The number of rotatable bonds is 10. The molecule has 14 aromatic rings. The largest absolute Gasteiger partial charge is 0.310 e. The van der Waals surface area contributed by atoms with Gasteiger partial charge in [-0.3, -0.25) is 0 Å². The molecule has 0 aliphatic rings. The van der Waals surface area contributed by atoms with Crippen LogP contribution in [0.4, 0.5) is 34.1 Å². The highest BCUT2D eigenvalue weighted by molar-refractivity contribution is 6.18. The van der Waals surface area contributed by atoms with E-state index < -0.39 is 0 Å². The van der Waals surface area contributed by atoms with Gasteiger partial charge < -0.3 is 18.9 Å². The van der Waals surface area contributed by atoms with Gasteiger partial charge in [0, 0.05) is 55.7 Å². The topological polar surface area (TPSA) is 16.3 Å². The average Bonchev–Trinajstić information content (AvgIpc) is 4.01. The third-order valence-corrected chi connectivity index (χ3v) is 14.7. The molecule has 0 aliphatic carbocycles. The van der Waals surface area contributed by atoms with Crippen molar-refractivity contribution in [3.8, 4) is 33.6 Å². The number of nitrogens with zero attached hydrogens (tertiary/aromatic N) is 4. The van der Waals surface area contributed by atoms with Gasteiger partial charge in [-0.05, 0) is 142 Å². The Morgan fingerprint density at radius 3 is 0.865 bits per heavy atom. The first-order chi connectivity index (χ1) is 36.8. The Bertz CT molecular complexity index is 3970. The fourth-order valence-electron chi connectivity index (χ4n) is 11.5. The van der Waals surface area contributed by atoms with E-state index in [-0.39, 0.29) is 0 Å². The molecule has 74 heavy (non-hydrogen) atoms. The van der Waals surface area contributed by atoms with Crippen LogP contribution in [-0.2, 0) is 0 Å². The summed E-state index contributed by atoms with van der Waals surface area (Å²) in [7, 11) is 0. The quantitative estimate of drug-likeness (QED) is 0.136. The number of para-hydroxylation sites is 6. The Hall–Kier alpha value is -9.90. The first-order valence-corrected chi connectivity index (χ1v) is 25.3. The second-order valence-corrected chi connectivity index (χ2v) is 18.9. The van der Waals surface area contributed by atoms with Gasteiger partial charge in [0.05, 0.1) is 33.4 Å². The van der Waals surface area contributed by atoms with E-state index in [0.29, 0.717) is 0 Å². The molecule has 2 aromatic heterocycles. The Labute approximate surface area is 430 Å². The molecule has 0 bridgehead atoms. The van der Waals surface area contributed by atoms with Gasteiger partial charge in [0.1, 0.15) is 0 Å². The van der Waals surface area contributed by atoms with Gasteiger partial charge in [0.2, 0.25) is 0 Å². The summed E-state index contributed by atoms with van der Waals surface area (Å²) in [6.45, 7) is 0. The smallest absolute Gasteiger partial charge is 0.0562 e. The minimum atomic E-state index is 1.12. The van der Waals surface area contributed by atoms with Crippen molar-refractivity contribution in [1.82, 2.24) is 9.13 Å². The normalized spacial score (nSPS) is 11.5. The lowest BCUT2D eigenvalue weighted by molar-refractivity contribution is 1.18. The van der Waals surface area contributed by atoms with Gasteiger partial charge in [0.25, 0.3) is 0 Å². The van der Waals surface area contributed by atoms with Crippen LogP contribution in [0.1, 0.15) is 0 Å². The van der Waals surface area contributed by atoms with Gasteiger partial charge in [-0.2, -0.15) is 0 Å². The Balaban J connectivity index is 0.829. The van der Waals surface area contributed by atoms with Crippen LogP contribution in [0.15, 0.2) is 291 Å².